The number of hydrogen-bond donors (Lipinski definition) is 1. The van der Waals surface area contributed by atoms with Crippen molar-refractivity contribution in [3.05, 3.63) is 75.2 Å². The highest BCUT2D eigenvalue weighted by molar-refractivity contribution is 7.92. The van der Waals surface area contributed by atoms with Gasteiger partial charge in [0.2, 0.25) is 11.8 Å². The third-order valence-electron chi connectivity index (χ3n) is 7.36. The molecule has 0 unspecified atom stereocenters. The highest BCUT2D eigenvalue weighted by Crippen LogP contribution is 2.37. The van der Waals surface area contributed by atoms with Gasteiger partial charge in [0.15, 0.2) is 11.5 Å². The van der Waals surface area contributed by atoms with E-state index in [0.29, 0.717) is 22.8 Å². The number of amides is 2. The van der Waals surface area contributed by atoms with E-state index in [1.54, 1.807) is 25.1 Å². The Morgan fingerprint density at radius 3 is 2.07 bits per heavy atom. The highest BCUT2D eigenvalue weighted by atomic mass is 35.5. The number of methoxy groups -OCH3 is 3. The van der Waals surface area contributed by atoms with Crippen LogP contribution in [-0.4, -0.2) is 65.1 Å². The van der Waals surface area contributed by atoms with E-state index < -0.39 is 28.5 Å². The molecule has 250 valence electrons. The van der Waals surface area contributed by atoms with Gasteiger partial charge in [-0.2, -0.15) is 0 Å². The molecule has 10 nitrogen and oxygen atoms in total. The van der Waals surface area contributed by atoms with Crippen molar-refractivity contribution in [3.8, 4) is 17.2 Å². The van der Waals surface area contributed by atoms with E-state index in [0.717, 1.165) is 4.31 Å². The number of ether oxygens (including phenoxy) is 3. The lowest BCUT2D eigenvalue weighted by atomic mass is 10.1. The van der Waals surface area contributed by atoms with Crippen LogP contribution in [0.25, 0.3) is 0 Å². The van der Waals surface area contributed by atoms with Gasteiger partial charge in [-0.15, -0.1) is 0 Å². The fraction of sp³-hybridized carbons (Fsp3) is 0.375. The van der Waals surface area contributed by atoms with Crippen LogP contribution in [0.3, 0.4) is 0 Å². The summed E-state index contributed by atoms with van der Waals surface area (Å²) < 4.78 is 45.8. The van der Waals surface area contributed by atoms with Crippen LogP contribution in [0.4, 0.5) is 5.69 Å². The molecule has 0 spiro atoms. The molecule has 3 aromatic rings. The minimum Gasteiger partial charge on any atom is -0.495 e. The number of hydrogen-bond acceptors (Lipinski definition) is 7. The number of nitrogens with one attached hydrogen (secondary N) is 1. The van der Waals surface area contributed by atoms with Crippen molar-refractivity contribution in [3.63, 3.8) is 0 Å². The first-order chi connectivity index (χ1) is 21.8. The van der Waals surface area contributed by atoms with E-state index in [1.165, 1.54) is 62.6 Å². The first-order valence-electron chi connectivity index (χ1n) is 14.4. The molecule has 0 aliphatic carbocycles. The predicted molar refractivity (Wildman–Crippen MR) is 181 cm³/mol. The molecule has 1 N–H and O–H groups in total. The lowest BCUT2D eigenvalue weighted by molar-refractivity contribution is -0.140. The van der Waals surface area contributed by atoms with Crippen molar-refractivity contribution in [2.24, 2.45) is 0 Å². The largest absolute Gasteiger partial charge is 0.495 e. The maximum atomic E-state index is 14.4. The lowest BCUT2D eigenvalue weighted by Gasteiger charge is -2.34. The third-order valence-corrected chi connectivity index (χ3v) is 10.1. The Labute approximate surface area is 285 Å². The molecule has 0 bridgehead atoms. The zero-order valence-corrected chi connectivity index (χ0v) is 29.6. The standard InChI is InChI=1S/C32H38Cl3N3O7S/c1-7-20(3)36-32(40)26(8-2)37(18-21-9-12-24(34)25(35)15-21)31(39)19-38(27-16-22(33)10-13-28(27)43-4)46(41,42)23-11-14-29(44-5)30(17-23)45-6/h9-17,20,26H,7-8,18-19H2,1-6H3,(H,36,40)/t20-,26+/m0/s1. The summed E-state index contributed by atoms with van der Waals surface area (Å²) in [5, 5.41) is 3.74. The number of benzene rings is 3. The van der Waals surface area contributed by atoms with Gasteiger partial charge in [-0.3, -0.25) is 13.9 Å². The summed E-state index contributed by atoms with van der Waals surface area (Å²) in [6, 6.07) is 12.3. The number of nitrogens with zero attached hydrogens (tertiary/aromatic N) is 2. The Hall–Kier alpha value is -3.38. The van der Waals surface area contributed by atoms with Crippen LogP contribution >= 0.6 is 34.8 Å². The summed E-state index contributed by atoms with van der Waals surface area (Å²) in [6.07, 6.45) is 0.924. The van der Waals surface area contributed by atoms with Crippen molar-refractivity contribution in [1.82, 2.24) is 10.2 Å². The highest BCUT2D eigenvalue weighted by Gasteiger charge is 2.35. The molecule has 0 aromatic heterocycles. The molecule has 3 rings (SSSR count). The van der Waals surface area contributed by atoms with Gasteiger partial charge < -0.3 is 24.4 Å². The summed E-state index contributed by atoms with van der Waals surface area (Å²) in [7, 11) is -0.295. The molecule has 2 amide bonds. The zero-order valence-electron chi connectivity index (χ0n) is 26.5. The number of carbonyl (C=O) groups excluding carboxylic acids is 2. The van der Waals surface area contributed by atoms with Crippen LogP contribution in [0.1, 0.15) is 39.2 Å². The van der Waals surface area contributed by atoms with Crippen molar-refractivity contribution >= 4 is 62.3 Å². The fourth-order valence-corrected chi connectivity index (χ4v) is 6.59. The number of halogens is 3. The number of sulfonamides is 1. The molecular weight excluding hydrogens is 677 g/mol. The Balaban J connectivity index is 2.19. The maximum absolute atomic E-state index is 14.4. The van der Waals surface area contributed by atoms with Crippen LogP contribution in [0.15, 0.2) is 59.5 Å². The summed E-state index contributed by atoms with van der Waals surface area (Å²) in [6.45, 7) is 4.80. The summed E-state index contributed by atoms with van der Waals surface area (Å²) in [4.78, 5) is 29.1. The number of anilines is 1. The van der Waals surface area contributed by atoms with Gasteiger partial charge in [-0.05, 0) is 67.8 Å². The van der Waals surface area contributed by atoms with Gasteiger partial charge >= 0.3 is 0 Å². The Kier molecular flexibility index (Phi) is 13.3. The first kappa shape index (κ1) is 37.1. The molecule has 0 heterocycles. The molecule has 0 saturated carbocycles. The van der Waals surface area contributed by atoms with E-state index in [1.807, 2.05) is 13.8 Å². The Morgan fingerprint density at radius 1 is 0.826 bits per heavy atom. The molecule has 14 heteroatoms. The molecule has 0 fully saturated rings. The van der Waals surface area contributed by atoms with Gasteiger partial charge in [0.1, 0.15) is 18.3 Å². The normalized spacial score (nSPS) is 12.5. The van der Waals surface area contributed by atoms with Crippen LogP contribution in [0.5, 0.6) is 17.2 Å². The Morgan fingerprint density at radius 2 is 1.48 bits per heavy atom. The molecular formula is C32H38Cl3N3O7S. The van der Waals surface area contributed by atoms with E-state index >= 15 is 0 Å². The van der Waals surface area contributed by atoms with Gasteiger partial charge in [0.25, 0.3) is 10.0 Å². The molecule has 46 heavy (non-hydrogen) atoms. The second-order valence-corrected chi connectivity index (χ2v) is 13.5. The topological polar surface area (TPSA) is 114 Å². The maximum Gasteiger partial charge on any atom is 0.265 e. The van der Waals surface area contributed by atoms with Crippen LogP contribution in [0, 0.1) is 0 Å². The summed E-state index contributed by atoms with van der Waals surface area (Å²) in [5.41, 5.74) is 0.608. The molecule has 3 aromatic carbocycles. The number of rotatable bonds is 15. The first-order valence-corrected chi connectivity index (χ1v) is 17.0. The van der Waals surface area contributed by atoms with Crippen LogP contribution < -0.4 is 23.8 Å². The van der Waals surface area contributed by atoms with Crippen molar-refractivity contribution in [2.45, 2.75) is 57.1 Å². The zero-order chi connectivity index (χ0) is 34.2. The molecule has 0 aliphatic heterocycles. The summed E-state index contributed by atoms with van der Waals surface area (Å²) >= 11 is 18.7. The van der Waals surface area contributed by atoms with Gasteiger partial charge in [0, 0.05) is 23.7 Å². The quantitative estimate of drug-likeness (QED) is 0.189. The van der Waals surface area contributed by atoms with Gasteiger partial charge in [-0.1, -0.05) is 54.7 Å². The van der Waals surface area contributed by atoms with E-state index in [9.17, 15) is 18.0 Å². The summed E-state index contributed by atoms with van der Waals surface area (Å²) in [5.74, 6) is -0.403. The average molecular weight is 715 g/mol. The molecule has 0 aliphatic rings. The van der Waals surface area contributed by atoms with Crippen LogP contribution in [-0.2, 0) is 26.2 Å². The Bertz CT molecular complexity index is 1660. The van der Waals surface area contributed by atoms with Crippen LogP contribution in [0.2, 0.25) is 15.1 Å². The third kappa shape index (κ3) is 8.70. The minimum atomic E-state index is -4.48. The van der Waals surface area contributed by atoms with Gasteiger partial charge in [0.05, 0.1) is 42.0 Å². The van der Waals surface area contributed by atoms with Crippen molar-refractivity contribution in [1.29, 1.82) is 0 Å². The second kappa shape index (κ2) is 16.4. The predicted octanol–water partition coefficient (Wildman–Crippen LogP) is 6.59. The van der Waals surface area contributed by atoms with Gasteiger partial charge in [-0.25, -0.2) is 8.42 Å². The smallest absolute Gasteiger partial charge is 0.265 e. The van der Waals surface area contributed by atoms with E-state index in [-0.39, 0.29) is 57.0 Å². The van der Waals surface area contributed by atoms with Crippen molar-refractivity contribution < 1.29 is 32.2 Å². The molecule has 2 atom stereocenters. The van der Waals surface area contributed by atoms with E-state index in [4.69, 9.17) is 49.0 Å². The van der Waals surface area contributed by atoms with Crippen molar-refractivity contribution in [2.75, 3.05) is 32.2 Å². The monoisotopic (exact) mass is 713 g/mol. The molecule has 0 radical (unpaired) electrons. The minimum absolute atomic E-state index is 0.0183. The second-order valence-electron chi connectivity index (χ2n) is 10.4. The SMILES string of the molecule is CC[C@H](C(=O)N[C@@H](C)CC)N(Cc1ccc(Cl)c(Cl)c1)C(=O)CN(c1cc(Cl)ccc1OC)S(=O)(=O)c1ccc(OC)c(OC)c1. The number of carbonyl (C=O) groups is 2. The van der Waals surface area contributed by atoms with E-state index in [2.05, 4.69) is 5.32 Å². The lowest BCUT2D eigenvalue weighted by Crippen LogP contribution is -2.53. The fourth-order valence-electron chi connectivity index (χ4n) is 4.67. The average Bonchev–Trinajstić information content (AvgIpc) is 3.04. The molecule has 0 saturated heterocycles.